The van der Waals surface area contributed by atoms with Crippen molar-refractivity contribution in [1.82, 2.24) is 5.32 Å². The number of sulfone groups is 1. The summed E-state index contributed by atoms with van der Waals surface area (Å²) in [5, 5.41) is 12.7. The number of carboxylic acids is 1. The number of thiophene rings is 1. The molecule has 0 bridgehead atoms. The van der Waals surface area contributed by atoms with Crippen molar-refractivity contribution in [2.24, 2.45) is 5.92 Å². The van der Waals surface area contributed by atoms with Gasteiger partial charge in [0.2, 0.25) is 0 Å². The van der Waals surface area contributed by atoms with Crippen LogP contribution in [0.25, 0.3) is 0 Å². The van der Waals surface area contributed by atoms with Gasteiger partial charge in [0.25, 0.3) is 5.91 Å². The molecule has 0 saturated heterocycles. The maximum Gasteiger partial charge on any atom is 0.326 e. The molecule has 0 saturated carbocycles. The fourth-order valence-electron chi connectivity index (χ4n) is 1.37. The molecule has 0 aromatic carbocycles. The Morgan fingerprint density at radius 1 is 1.37 bits per heavy atom. The average molecular weight is 305 g/mol. The number of aliphatic carboxylic acids is 1. The molecular formula is C11H15NO5S2. The minimum atomic E-state index is -3.35. The summed E-state index contributed by atoms with van der Waals surface area (Å²) in [5.74, 6) is -1.98. The van der Waals surface area contributed by atoms with Gasteiger partial charge >= 0.3 is 5.97 Å². The van der Waals surface area contributed by atoms with E-state index in [4.69, 9.17) is 5.11 Å². The maximum absolute atomic E-state index is 11.8. The molecule has 1 amide bonds. The Morgan fingerprint density at radius 2 is 1.95 bits per heavy atom. The van der Waals surface area contributed by atoms with Crippen molar-refractivity contribution < 1.29 is 23.1 Å². The lowest BCUT2D eigenvalue weighted by atomic mass is 10.0. The van der Waals surface area contributed by atoms with Gasteiger partial charge in [0, 0.05) is 11.6 Å². The molecule has 0 fully saturated rings. The molecule has 1 rings (SSSR count). The lowest BCUT2D eigenvalue weighted by Gasteiger charge is -2.17. The van der Waals surface area contributed by atoms with E-state index >= 15 is 0 Å². The summed E-state index contributed by atoms with van der Waals surface area (Å²) in [6.45, 7) is 3.35. The first-order valence-corrected chi connectivity index (χ1v) is 8.22. The molecule has 6 nitrogen and oxygen atoms in total. The molecule has 106 valence electrons. The van der Waals surface area contributed by atoms with E-state index < -0.39 is 27.8 Å². The second-order valence-electron chi connectivity index (χ2n) is 4.46. The monoisotopic (exact) mass is 305 g/mol. The van der Waals surface area contributed by atoms with Gasteiger partial charge in [-0.3, -0.25) is 4.79 Å². The minimum Gasteiger partial charge on any atom is -0.480 e. The van der Waals surface area contributed by atoms with Gasteiger partial charge in [-0.1, -0.05) is 13.8 Å². The quantitative estimate of drug-likeness (QED) is 0.845. The lowest BCUT2D eigenvalue weighted by Crippen LogP contribution is -2.44. The first-order valence-electron chi connectivity index (χ1n) is 5.45. The van der Waals surface area contributed by atoms with Crippen molar-refractivity contribution in [3.8, 4) is 0 Å². The van der Waals surface area contributed by atoms with Crippen molar-refractivity contribution in [3.63, 3.8) is 0 Å². The second kappa shape index (κ2) is 5.70. The molecule has 1 heterocycles. The van der Waals surface area contributed by atoms with Crippen LogP contribution < -0.4 is 5.32 Å². The smallest absolute Gasteiger partial charge is 0.326 e. The highest BCUT2D eigenvalue weighted by Gasteiger charge is 2.24. The van der Waals surface area contributed by atoms with Crippen molar-refractivity contribution in [2.75, 3.05) is 6.26 Å². The van der Waals surface area contributed by atoms with E-state index in [1.807, 2.05) is 0 Å². The molecule has 0 aliphatic rings. The molecule has 19 heavy (non-hydrogen) atoms. The fraction of sp³-hybridized carbons (Fsp3) is 0.455. The van der Waals surface area contributed by atoms with Gasteiger partial charge in [-0.15, -0.1) is 11.3 Å². The van der Waals surface area contributed by atoms with Gasteiger partial charge in [-0.2, -0.15) is 0 Å². The number of rotatable bonds is 5. The summed E-state index contributed by atoms with van der Waals surface area (Å²) in [5.41, 5.74) is 0.150. The molecule has 0 aliphatic carbocycles. The van der Waals surface area contributed by atoms with Crippen LogP contribution in [0, 0.1) is 5.92 Å². The Kier molecular flexibility index (Phi) is 4.70. The van der Waals surface area contributed by atoms with Crippen LogP contribution in [0.5, 0.6) is 0 Å². The van der Waals surface area contributed by atoms with E-state index in [1.54, 1.807) is 13.8 Å². The summed E-state index contributed by atoms with van der Waals surface area (Å²) in [4.78, 5) is 22.8. The molecule has 0 spiro atoms. The molecular weight excluding hydrogens is 290 g/mol. The highest BCUT2D eigenvalue weighted by molar-refractivity contribution is 7.92. The van der Waals surface area contributed by atoms with E-state index in [0.29, 0.717) is 0 Å². The highest BCUT2D eigenvalue weighted by atomic mass is 32.2. The van der Waals surface area contributed by atoms with E-state index in [9.17, 15) is 18.0 Å². The topological polar surface area (TPSA) is 101 Å². The zero-order valence-corrected chi connectivity index (χ0v) is 12.3. The predicted molar refractivity (Wildman–Crippen MR) is 71.2 cm³/mol. The Bertz CT molecular complexity index is 588. The standard InChI is InChI=1S/C11H15NO5S2/c1-6(2)9(11(14)15)12-10(13)7-4-8(18-5-7)19(3,16)17/h4-6,9H,1-3H3,(H,12,13)(H,14,15). The van der Waals surface area contributed by atoms with Crippen LogP contribution in [0.2, 0.25) is 0 Å². The van der Waals surface area contributed by atoms with Gasteiger partial charge in [-0.25, -0.2) is 13.2 Å². The Morgan fingerprint density at radius 3 is 2.32 bits per heavy atom. The highest BCUT2D eigenvalue weighted by Crippen LogP contribution is 2.20. The van der Waals surface area contributed by atoms with Gasteiger partial charge in [0.1, 0.15) is 10.3 Å². The second-order valence-corrected chi connectivity index (χ2v) is 7.61. The minimum absolute atomic E-state index is 0.0778. The number of carbonyl (C=O) groups is 2. The third-order valence-corrected chi connectivity index (χ3v) is 5.19. The molecule has 1 unspecified atom stereocenters. The fourth-order valence-corrected chi connectivity index (χ4v) is 3.17. The first kappa shape index (κ1) is 15.6. The number of hydrogen-bond donors (Lipinski definition) is 2. The van der Waals surface area contributed by atoms with Gasteiger partial charge in [-0.05, 0) is 12.0 Å². The third-order valence-electron chi connectivity index (χ3n) is 2.42. The van der Waals surface area contributed by atoms with Crippen LogP contribution in [0.4, 0.5) is 0 Å². The maximum atomic E-state index is 11.8. The van der Waals surface area contributed by atoms with Crippen LogP contribution in [0.1, 0.15) is 24.2 Å². The van der Waals surface area contributed by atoms with Gasteiger partial charge in [0.05, 0.1) is 5.56 Å². The van der Waals surface area contributed by atoms with Crippen molar-refractivity contribution >= 4 is 33.1 Å². The number of hydrogen-bond acceptors (Lipinski definition) is 5. The van der Waals surface area contributed by atoms with Crippen LogP contribution in [0.15, 0.2) is 15.7 Å². The summed E-state index contributed by atoms with van der Waals surface area (Å²) in [6, 6.07) is 0.239. The normalized spacial score (nSPS) is 13.3. The zero-order chi connectivity index (χ0) is 14.8. The molecule has 2 N–H and O–H groups in total. The van der Waals surface area contributed by atoms with Gasteiger partial charge in [0.15, 0.2) is 9.84 Å². The van der Waals surface area contributed by atoms with Crippen molar-refractivity contribution in [2.45, 2.75) is 24.1 Å². The number of carbonyl (C=O) groups excluding carboxylic acids is 1. The summed E-state index contributed by atoms with van der Waals surface area (Å²) < 4.78 is 22.7. The summed E-state index contributed by atoms with van der Waals surface area (Å²) in [6.07, 6.45) is 1.05. The van der Waals surface area contributed by atoms with Crippen LogP contribution in [-0.2, 0) is 14.6 Å². The first-order chi connectivity index (χ1) is 8.62. The SMILES string of the molecule is CC(C)C(NC(=O)c1csc(S(C)(=O)=O)c1)C(=O)O. The Labute approximate surface area is 115 Å². The number of carboxylic acid groups (broad SMARTS) is 1. The Balaban J connectivity index is 2.90. The summed E-state index contributed by atoms with van der Waals surface area (Å²) >= 11 is 0.932. The van der Waals surface area contributed by atoms with Crippen molar-refractivity contribution in [1.29, 1.82) is 0 Å². The van der Waals surface area contributed by atoms with E-state index in [2.05, 4.69) is 5.32 Å². The Hall–Kier alpha value is -1.41. The van der Waals surface area contributed by atoms with Crippen molar-refractivity contribution in [3.05, 3.63) is 17.0 Å². The van der Waals surface area contributed by atoms with Crippen LogP contribution in [0.3, 0.4) is 0 Å². The molecule has 1 aromatic heterocycles. The van der Waals surface area contributed by atoms with Gasteiger partial charge < -0.3 is 10.4 Å². The van der Waals surface area contributed by atoms with Crippen LogP contribution >= 0.6 is 11.3 Å². The molecule has 1 aromatic rings. The average Bonchev–Trinajstić information content (AvgIpc) is 2.73. The van der Waals surface area contributed by atoms with E-state index in [-0.39, 0.29) is 15.7 Å². The lowest BCUT2D eigenvalue weighted by molar-refractivity contribution is -0.140. The molecule has 8 heteroatoms. The molecule has 0 radical (unpaired) electrons. The zero-order valence-electron chi connectivity index (χ0n) is 10.7. The molecule has 0 aliphatic heterocycles. The summed E-state index contributed by atoms with van der Waals surface area (Å²) in [7, 11) is -3.35. The van der Waals surface area contributed by atoms with E-state index in [1.165, 1.54) is 11.4 Å². The van der Waals surface area contributed by atoms with Crippen LogP contribution in [-0.4, -0.2) is 37.7 Å². The molecule has 1 atom stereocenters. The largest absolute Gasteiger partial charge is 0.480 e. The third kappa shape index (κ3) is 4.03. The predicted octanol–water partition coefficient (Wildman–Crippen LogP) is 0.991. The van der Waals surface area contributed by atoms with E-state index in [0.717, 1.165) is 17.6 Å². The number of nitrogens with one attached hydrogen (secondary N) is 1. The number of amides is 1.